The molecule has 0 saturated heterocycles. The predicted molar refractivity (Wildman–Crippen MR) is 80.5 cm³/mol. The molecule has 0 saturated carbocycles. The zero-order valence-corrected chi connectivity index (χ0v) is 12.7. The van der Waals surface area contributed by atoms with Crippen molar-refractivity contribution in [1.82, 2.24) is 15.1 Å². The fourth-order valence-corrected chi connectivity index (χ4v) is 2.64. The number of aromatic nitrogens is 2. The summed E-state index contributed by atoms with van der Waals surface area (Å²) >= 11 is 0. The van der Waals surface area contributed by atoms with Gasteiger partial charge in [0.15, 0.2) is 11.5 Å². The van der Waals surface area contributed by atoms with Crippen LogP contribution in [0.5, 0.6) is 11.5 Å². The maximum atomic E-state index is 5.40. The van der Waals surface area contributed by atoms with Crippen molar-refractivity contribution in [1.29, 1.82) is 0 Å². The fraction of sp³-hybridized carbons (Fsp3) is 0.438. The summed E-state index contributed by atoms with van der Waals surface area (Å²) < 4.78 is 12.8. The molecule has 1 unspecified atom stereocenters. The van der Waals surface area contributed by atoms with Crippen molar-refractivity contribution in [3.05, 3.63) is 41.2 Å². The van der Waals surface area contributed by atoms with E-state index < -0.39 is 0 Å². The Labute approximate surface area is 124 Å². The van der Waals surface area contributed by atoms with Gasteiger partial charge in [0.25, 0.3) is 0 Å². The molecule has 5 heteroatoms. The molecule has 0 fully saturated rings. The Morgan fingerprint density at radius 2 is 2.14 bits per heavy atom. The number of fused-ring (bicyclic) bond motifs is 1. The normalized spacial score (nSPS) is 14.4. The van der Waals surface area contributed by atoms with E-state index in [9.17, 15) is 0 Å². The van der Waals surface area contributed by atoms with Gasteiger partial charge in [-0.3, -0.25) is 4.68 Å². The van der Waals surface area contributed by atoms with Crippen LogP contribution in [0, 0.1) is 6.92 Å². The van der Waals surface area contributed by atoms with Crippen LogP contribution in [0.25, 0.3) is 0 Å². The third-order valence-corrected chi connectivity index (χ3v) is 3.96. The second kappa shape index (κ2) is 5.77. The van der Waals surface area contributed by atoms with Gasteiger partial charge in [-0.25, -0.2) is 0 Å². The van der Waals surface area contributed by atoms with Crippen LogP contribution in [-0.2, 0) is 13.1 Å². The zero-order chi connectivity index (χ0) is 14.8. The van der Waals surface area contributed by atoms with Crippen LogP contribution in [0.1, 0.15) is 36.7 Å². The van der Waals surface area contributed by atoms with Crippen LogP contribution >= 0.6 is 0 Å². The molecule has 1 aromatic carbocycles. The van der Waals surface area contributed by atoms with Gasteiger partial charge in [0.05, 0.1) is 6.20 Å². The summed E-state index contributed by atoms with van der Waals surface area (Å²) in [7, 11) is 0. The molecule has 3 rings (SSSR count). The lowest BCUT2D eigenvalue weighted by atomic mass is 10.1. The SMILES string of the molecule is CCn1ncc(C(C)NCc2ccc3c(c2)OCO3)c1C. The van der Waals surface area contributed by atoms with Crippen LogP contribution in [0.4, 0.5) is 0 Å². The van der Waals surface area contributed by atoms with Crippen molar-refractivity contribution in [2.24, 2.45) is 0 Å². The number of aryl methyl sites for hydroxylation is 1. The monoisotopic (exact) mass is 287 g/mol. The van der Waals surface area contributed by atoms with Gasteiger partial charge >= 0.3 is 0 Å². The van der Waals surface area contributed by atoms with Crippen molar-refractivity contribution < 1.29 is 9.47 Å². The van der Waals surface area contributed by atoms with E-state index >= 15 is 0 Å². The van der Waals surface area contributed by atoms with Crippen LogP contribution < -0.4 is 14.8 Å². The van der Waals surface area contributed by atoms with E-state index in [0.717, 1.165) is 24.6 Å². The van der Waals surface area contributed by atoms with E-state index in [-0.39, 0.29) is 6.04 Å². The minimum Gasteiger partial charge on any atom is -0.454 e. The van der Waals surface area contributed by atoms with E-state index in [4.69, 9.17) is 9.47 Å². The number of rotatable bonds is 5. The third kappa shape index (κ3) is 2.74. The van der Waals surface area contributed by atoms with Crippen LogP contribution in [0.2, 0.25) is 0 Å². The standard InChI is InChI=1S/C16H21N3O2/c1-4-19-12(3)14(9-18-19)11(2)17-8-13-5-6-15-16(7-13)21-10-20-15/h5-7,9,11,17H,4,8,10H2,1-3H3. The lowest BCUT2D eigenvalue weighted by Crippen LogP contribution is -2.18. The first-order valence-electron chi connectivity index (χ1n) is 7.33. The summed E-state index contributed by atoms with van der Waals surface area (Å²) in [6, 6.07) is 6.32. The van der Waals surface area contributed by atoms with Gasteiger partial charge in [-0.15, -0.1) is 0 Å². The topological polar surface area (TPSA) is 48.3 Å². The van der Waals surface area contributed by atoms with Gasteiger partial charge in [-0.1, -0.05) is 6.07 Å². The van der Waals surface area contributed by atoms with E-state index in [0.29, 0.717) is 6.79 Å². The molecule has 112 valence electrons. The smallest absolute Gasteiger partial charge is 0.231 e. The molecule has 2 aromatic rings. The highest BCUT2D eigenvalue weighted by atomic mass is 16.7. The fourth-order valence-electron chi connectivity index (χ4n) is 2.64. The van der Waals surface area contributed by atoms with Crippen LogP contribution in [0.15, 0.2) is 24.4 Å². The van der Waals surface area contributed by atoms with Gasteiger partial charge < -0.3 is 14.8 Å². The molecule has 1 aromatic heterocycles. The summed E-state index contributed by atoms with van der Waals surface area (Å²) in [4.78, 5) is 0. The van der Waals surface area contributed by atoms with Crippen molar-refractivity contribution in [2.45, 2.75) is 39.9 Å². The van der Waals surface area contributed by atoms with E-state index in [1.165, 1.54) is 16.8 Å². The number of hydrogen-bond donors (Lipinski definition) is 1. The second-order valence-corrected chi connectivity index (χ2v) is 5.29. The first-order chi connectivity index (χ1) is 10.2. The molecular weight excluding hydrogens is 266 g/mol. The Morgan fingerprint density at radius 3 is 2.90 bits per heavy atom. The lowest BCUT2D eigenvalue weighted by Gasteiger charge is -2.14. The van der Waals surface area contributed by atoms with Crippen molar-refractivity contribution in [3.8, 4) is 11.5 Å². The number of ether oxygens (including phenoxy) is 2. The summed E-state index contributed by atoms with van der Waals surface area (Å²) in [6.45, 7) is 8.39. The average Bonchev–Trinajstić information content (AvgIpc) is 3.10. The Balaban J connectivity index is 1.65. The average molecular weight is 287 g/mol. The molecule has 0 spiro atoms. The Bertz CT molecular complexity index is 636. The molecule has 5 nitrogen and oxygen atoms in total. The maximum Gasteiger partial charge on any atom is 0.231 e. The predicted octanol–water partition coefficient (Wildman–Crippen LogP) is 2.79. The highest BCUT2D eigenvalue weighted by Crippen LogP contribution is 2.32. The van der Waals surface area contributed by atoms with Gasteiger partial charge in [0.1, 0.15) is 0 Å². The maximum absolute atomic E-state index is 5.40. The number of hydrogen-bond acceptors (Lipinski definition) is 4. The Morgan fingerprint density at radius 1 is 1.33 bits per heavy atom. The largest absolute Gasteiger partial charge is 0.454 e. The number of nitrogens with zero attached hydrogens (tertiary/aromatic N) is 2. The van der Waals surface area contributed by atoms with Crippen molar-refractivity contribution in [2.75, 3.05) is 6.79 Å². The van der Waals surface area contributed by atoms with Gasteiger partial charge in [0, 0.05) is 30.4 Å². The lowest BCUT2D eigenvalue weighted by molar-refractivity contribution is 0.174. The molecule has 1 atom stereocenters. The Kier molecular flexibility index (Phi) is 3.84. The molecule has 2 heterocycles. The first-order valence-corrected chi connectivity index (χ1v) is 7.33. The second-order valence-electron chi connectivity index (χ2n) is 5.29. The summed E-state index contributed by atoms with van der Waals surface area (Å²) in [5.41, 5.74) is 3.66. The van der Waals surface area contributed by atoms with Gasteiger partial charge in [-0.2, -0.15) is 5.10 Å². The van der Waals surface area contributed by atoms with Gasteiger partial charge in [0.2, 0.25) is 6.79 Å². The van der Waals surface area contributed by atoms with Crippen molar-refractivity contribution in [3.63, 3.8) is 0 Å². The van der Waals surface area contributed by atoms with Crippen molar-refractivity contribution >= 4 is 0 Å². The van der Waals surface area contributed by atoms with E-state index in [1.807, 2.05) is 23.0 Å². The molecule has 21 heavy (non-hydrogen) atoms. The number of nitrogens with one attached hydrogen (secondary N) is 1. The summed E-state index contributed by atoms with van der Waals surface area (Å²) in [6.07, 6.45) is 1.95. The number of benzene rings is 1. The first kappa shape index (κ1) is 13.9. The minimum atomic E-state index is 0.260. The molecule has 1 aliphatic heterocycles. The molecule has 0 amide bonds. The Hall–Kier alpha value is -2.01. The molecule has 0 bridgehead atoms. The van der Waals surface area contributed by atoms with Crippen LogP contribution in [0.3, 0.4) is 0 Å². The quantitative estimate of drug-likeness (QED) is 0.918. The summed E-state index contributed by atoms with van der Waals surface area (Å²) in [5.74, 6) is 1.66. The molecule has 0 aliphatic carbocycles. The molecule has 1 aliphatic rings. The molecule has 1 N–H and O–H groups in total. The van der Waals surface area contributed by atoms with Crippen LogP contribution in [-0.4, -0.2) is 16.6 Å². The molecular formula is C16H21N3O2. The van der Waals surface area contributed by atoms with E-state index in [1.54, 1.807) is 0 Å². The summed E-state index contributed by atoms with van der Waals surface area (Å²) in [5, 5.41) is 7.93. The minimum absolute atomic E-state index is 0.260. The van der Waals surface area contributed by atoms with E-state index in [2.05, 4.69) is 37.3 Å². The van der Waals surface area contributed by atoms with Gasteiger partial charge in [-0.05, 0) is 38.5 Å². The molecule has 0 radical (unpaired) electrons. The third-order valence-electron chi connectivity index (χ3n) is 3.96. The highest BCUT2D eigenvalue weighted by molar-refractivity contribution is 5.44. The zero-order valence-electron chi connectivity index (χ0n) is 12.7. The highest BCUT2D eigenvalue weighted by Gasteiger charge is 2.15.